The van der Waals surface area contributed by atoms with Crippen molar-refractivity contribution in [2.24, 2.45) is 0 Å². The van der Waals surface area contributed by atoms with E-state index in [2.05, 4.69) is 205 Å². The number of hydrogen-bond donors (Lipinski definition) is 0. The molecular formula is C52H33NOS. The van der Waals surface area contributed by atoms with Crippen molar-refractivity contribution < 1.29 is 4.42 Å². The minimum Gasteiger partial charge on any atom is -0.455 e. The summed E-state index contributed by atoms with van der Waals surface area (Å²) < 4.78 is 9.31. The largest absolute Gasteiger partial charge is 0.455 e. The first-order valence-corrected chi connectivity index (χ1v) is 19.5. The van der Waals surface area contributed by atoms with E-state index in [-0.39, 0.29) is 0 Å². The topological polar surface area (TPSA) is 16.4 Å². The minimum atomic E-state index is 0.877. The molecule has 55 heavy (non-hydrogen) atoms. The zero-order valence-corrected chi connectivity index (χ0v) is 30.6. The quantitative estimate of drug-likeness (QED) is 0.170. The van der Waals surface area contributed by atoms with E-state index in [0.717, 1.165) is 50.1 Å². The molecule has 11 aromatic rings. The molecule has 2 heterocycles. The van der Waals surface area contributed by atoms with E-state index >= 15 is 0 Å². The molecule has 0 amide bonds. The van der Waals surface area contributed by atoms with Crippen molar-refractivity contribution in [3.8, 4) is 33.4 Å². The standard InChI is InChI=1S/C52H33NOS/c1-3-13-34(14-4-1)42-31-32-46(51-45-20-9-11-21-47(45)54-52(42)51)53(39-28-30-44-43-19-10-12-22-48(43)55-49(44)33-39)38-26-23-36(24-27-38)41-29-25-35-15-7-8-18-40(35)50(41)37-16-5-2-6-17-37/h1-33H. The van der Waals surface area contributed by atoms with Crippen LogP contribution in [0.15, 0.2) is 205 Å². The summed E-state index contributed by atoms with van der Waals surface area (Å²) in [6.45, 7) is 0. The second kappa shape index (κ2) is 12.9. The second-order valence-corrected chi connectivity index (χ2v) is 15.1. The van der Waals surface area contributed by atoms with E-state index in [1.807, 2.05) is 11.3 Å². The molecule has 2 aromatic heterocycles. The summed E-state index contributed by atoms with van der Waals surface area (Å²) in [5, 5.41) is 7.26. The maximum Gasteiger partial charge on any atom is 0.145 e. The molecule has 3 heteroatoms. The van der Waals surface area contributed by atoms with Crippen LogP contribution in [0.25, 0.3) is 86.3 Å². The molecule has 9 aromatic carbocycles. The lowest BCUT2D eigenvalue weighted by Gasteiger charge is -2.27. The summed E-state index contributed by atoms with van der Waals surface area (Å²) >= 11 is 1.85. The molecule has 11 rings (SSSR count). The van der Waals surface area contributed by atoms with Crippen molar-refractivity contribution in [1.29, 1.82) is 0 Å². The second-order valence-electron chi connectivity index (χ2n) is 14.0. The van der Waals surface area contributed by atoms with Gasteiger partial charge in [0.05, 0.1) is 11.1 Å². The van der Waals surface area contributed by atoms with Crippen molar-refractivity contribution in [2.75, 3.05) is 4.90 Å². The van der Waals surface area contributed by atoms with Gasteiger partial charge < -0.3 is 9.32 Å². The summed E-state index contributed by atoms with van der Waals surface area (Å²) in [4.78, 5) is 2.41. The highest BCUT2D eigenvalue weighted by atomic mass is 32.1. The molecule has 0 aliphatic carbocycles. The Morgan fingerprint density at radius 2 is 1.02 bits per heavy atom. The van der Waals surface area contributed by atoms with Crippen LogP contribution < -0.4 is 4.90 Å². The highest BCUT2D eigenvalue weighted by Crippen LogP contribution is 2.48. The van der Waals surface area contributed by atoms with Gasteiger partial charge in [-0.1, -0.05) is 152 Å². The average molecular weight is 720 g/mol. The van der Waals surface area contributed by atoms with E-state index in [4.69, 9.17) is 4.42 Å². The fraction of sp³-hybridized carbons (Fsp3) is 0. The molecule has 0 bridgehead atoms. The van der Waals surface area contributed by atoms with E-state index in [1.165, 1.54) is 53.2 Å². The summed E-state index contributed by atoms with van der Waals surface area (Å²) in [7, 11) is 0. The number of furan rings is 1. The summed E-state index contributed by atoms with van der Waals surface area (Å²) in [5.41, 5.74) is 12.1. The van der Waals surface area contributed by atoms with Crippen LogP contribution in [0.5, 0.6) is 0 Å². The number of rotatable bonds is 6. The first kappa shape index (κ1) is 31.6. The van der Waals surface area contributed by atoms with Crippen LogP contribution in [0.3, 0.4) is 0 Å². The monoisotopic (exact) mass is 719 g/mol. The van der Waals surface area contributed by atoms with Gasteiger partial charge in [-0.05, 0) is 87.1 Å². The fourth-order valence-electron chi connectivity index (χ4n) is 8.34. The lowest BCUT2D eigenvalue weighted by Crippen LogP contribution is -2.10. The lowest BCUT2D eigenvalue weighted by molar-refractivity contribution is 0.670. The third-order valence-corrected chi connectivity index (χ3v) is 12.0. The predicted molar refractivity (Wildman–Crippen MR) is 235 cm³/mol. The van der Waals surface area contributed by atoms with Gasteiger partial charge in [0.25, 0.3) is 0 Å². The minimum absolute atomic E-state index is 0.877. The summed E-state index contributed by atoms with van der Waals surface area (Å²) in [6.07, 6.45) is 0. The van der Waals surface area contributed by atoms with Gasteiger partial charge in [0, 0.05) is 42.5 Å². The molecule has 0 atom stereocenters. The van der Waals surface area contributed by atoms with Gasteiger partial charge in [-0.2, -0.15) is 0 Å². The van der Waals surface area contributed by atoms with Gasteiger partial charge in [0.15, 0.2) is 0 Å². The number of benzene rings is 9. The Labute approximate surface area is 322 Å². The molecule has 2 nitrogen and oxygen atoms in total. The Hall–Kier alpha value is -6.94. The summed E-state index contributed by atoms with van der Waals surface area (Å²) in [5.74, 6) is 0. The highest BCUT2D eigenvalue weighted by Gasteiger charge is 2.23. The van der Waals surface area contributed by atoms with Gasteiger partial charge in [0.1, 0.15) is 11.2 Å². The highest BCUT2D eigenvalue weighted by molar-refractivity contribution is 7.25. The maximum absolute atomic E-state index is 6.75. The molecule has 0 aliphatic rings. The van der Waals surface area contributed by atoms with Gasteiger partial charge >= 0.3 is 0 Å². The number of nitrogens with zero attached hydrogens (tertiary/aromatic N) is 1. The zero-order valence-electron chi connectivity index (χ0n) is 29.8. The van der Waals surface area contributed by atoms with E-state index in [0.29, 0.717) is 0 Å². The van der Waals surface area contributed by atoms with Crippen LogP contribution in [-0.4, -0.2) is 0 Å². The van der Waals surface area contributed by atoms with Crippen LogP contribution in [0.1, 0.15) is 0 Å². The van der Waals surface area contributed by atoms with E-state index in [1.54, 1.807) is 0 Å². The first-order valence-electron chi connectivity index (χ1n) is 18.7. The summed E-state index contributed by atoms with van der Waals surface area (Å²) in [6, 6.07) is 72.1. The van der Waals surface area contributed by atoms with Crippen molar-refractivity contribution >= 4 is 81.3 Å². The van der Waals surface area contributed by atoms with Crippen LogP contribution in [-0.2, 0) is 0 Å². The SMILES string of the molecule is c1ccc(-c2c(-c3ccc(N(c4ccc5c(c4)sc4ccccc45)c4ccc(-c5ccccc5)c5oc6ccccc6c45)cc3)ccc3ccccc23)cc1. The molecule has 0 saturated heterocycles. The van der Waals surface area contributed by atoms with E-state index in [9.17, 15) is 0 Å². The van der Waals surface area contributed by atoms with Gasteiger partial charge in [0.2, 0.25) is 0 Å². The predicted octanol–water partition coefficient (Wildman–Crippen LogP) is 15.6. The third-order valence-electron chi connectivity index (χ3n) is 10.9. The van der Waals surface area contributed by atoms with Crippen molar-refractivity contribution in [2.45, 2.75) is 0 Å². The number of fused-ring (bicyclic) bond motifs is 7. The van der Waals surface area contributed by atoms with Crippen LogP contribution in [0.4, 0.5) is 17.1 Å². The third kappa shape index (κ3) is 5.24. The maximum atomic E-state index is 6.75. The van der Waals surface area contributed by atoms with Crippen molar-refractivity contribution in [3.63, 3.8) is 0 Å². The fourth-order valence-corrected chi connectivity index (χ4v) is 9.48. The lowest BCUT2D eigenvalue weighted by atomic mass is 9.90. The normalized spacial score (nSPS) is 11.6. The Morgan fingerprint density at radius 1 is 0.400 bits per heavy atom. The Balaban J connectivity index is 1.14. The van der Waals surface area contributed by atoms with Crippen molar-refractivity contribution in [1.82, 2.24) is 0 Å². The molecule has 0 fully saturated rings. The molecule has 0 aliphatic heterocycles. The number of para-hydroxylation sites is 1. The molecule has 0 saturated carbocycles. The van der Waals surface area contributed by atoms with Gasteiger partial charge in [-0.25, -0.2) is 0 Å². The molecule has 0 spiro atoms. The first-order chi connectivity index (χ1) is 27.3. The molecular weight excluding hydrogens is 687 g/mol. The number of hydrogen-bond acceptors (Lipinski definition) is 3. The smallest absolute Gasteiger partial charge is 0.145 e. The van der Waals surface area contributed by atoms with Crippen LogP contribution >= 0.6 is 11.3 Å². The van der Waals surface area contributed by atoms with Crippen LogP contribution in [0.2, 0.25) is 0 Å². The molecule has 0 radical (unpaired) electrons. The van der Waals surface area contributed by atoms with Crippen LogP contribution in [0, 0.1) is 0 Å². The number of thiophene rings is 1. The zero-order chi connectivity index (χ0) is 36.3. The Morgan fingerprint density at radius 3 is 1.84 bits per heavy atom. The molecule has 258 valence electrons. The molecule has 0 unspecified atom stereocenters. The Kier molecular flexibility index (Phi) is 7.39. The molecule has 0 N–H and O–H groups in total. The van der Waals surface area contributed by atoms with Gasteiger partial charge in [-0.3, -0.25) is 0 Å². The average Bonchev–Trinajstić information content (AvgIpc) is 3.83. The van der Waals surface area contributed by atoms with Crippen molar-refractivity contribution in [3.05, 3.63) is 200 Å². The van der Waals surface area contributed by atoms with Gasteiger partial charge in [-0.15, -0.1) is 11.3 Å². The number of anilines is 3. The Bertz CT molecular complexity index is 3190. The van der Waals surface area contributed by atoms with E-state index < -0.39 is 0 Å².